The zero-order chi connectivity index (χ0) is 17.3. The van der Waals surface area contributed by atoms with Crippen molar-refractivity contribution in [1.29, 1.82) is 0 Å². The summed E-state index contributed by atoms with van der Waals surface area (Å²) in [6.07, 6.45) is 0. The minimum Gasteiger partial charge on any atom is -0.403 e. The molecule has 0 unspecified atom stereocenters. The summed E-state index contributed by atoms with van der Waals surface area (Å²) in [6.45, 7) is 0. The second-order valence-corrected chi connectivity index (χ2v) is 5.90. The lowest BCUT2D eigenvalue weighted by atomic mass is 10.2. The topological polar surface area (TPSA) is 68.0 Å². The lowest BCUT2D eigenvalue weighted by molar-refractivity contribution is 0.102. The third-order valence-corrected chi connectivity index (χ3v) is 3.70. The van der Waals surface area contributed by atoms with Gasteiger partial charge in [0.05, 0.1) is 10.6 Å². The molecule has 0 saturated carbocycles. The second-order valence-electron chi connectivity index (χ2n) is 4.62. The van der Waals surface area contributed by atoms with E-state index >= 15 is 0 Å². The summed E-state index contributed by atoms with van der Waals surface area (Å²) in [4.78, 5) is 12.1. The molecule has 2 aromatic carbocycles. The van der Waals surface area contributed by atoms with Crippen LogP contribution >= 0.6 is 34.8 Å². The minimum atomic E-state index is -0.808. The van der Waals surface area contributed by atoms with Crippen LogP contribution in [0.4, 0.5) is 10.4 Å². The molecule has 0 aliphatic heterocycles. The van der Waals surface area contributed by atoms with Crippen LogP contribution in [0.2, 0.25) is 15.1 Å². The van der Waals surface area contributed by atoms with Crippen LogP contribution in [0.25, 0.3) is 11.5 Å². The van der Waals surface area contributed by atoms with E-state index in [1.165, 1.54) is 12.1 Å². The Morgan fingerprint density at radius 2 is 1.79 bits per heavy atom. The van der Waals surface area contributed by atoms with Gasteiger partial charge >= 0.3 is 6.01 Å². The molecule has 9 heteroatoms. The number of hydrogen-bond acceptors (Lipinski definition) is 4. The first-order chi connectivity index (χ1) is 11.4. The Morgan fingerprint density at radius 3 is 2.46 bits per heavy atom. The molecular weight excluding hydrogens is 380 g/mol. The Hall–Kier alpha value is -2.15. The van der Waals surface area contributed by atoms with Crippen molar-refractivity contribution in [2.45, 2.75) is 0 Å². The Morgan fingerprint density at radius 1 is 1.08 bits per heavy atom. The highest BCUT2D eigenvalue weighted by Crippen LogP contribution is 2.27. The molecule has 122 valence electrons. The molecule has 1 heterocycles. The molecule has 1 amide bonds. The molecule has 0 aliphatic carbocycles. The maximum atomic E-state index is 13.7. The molecule has 0 fully saturated rings. The van der Waals surface area contributed by atoms with Gasteiger partial charge in [-0.1, -0.05) is 46.0 Å². The summed E-state index contributed by atoms with van der Waals surface area (Å²) < 4.78 is 19.0. The van der Waals surface area contributed by atoms with Crippen LogP contribution < -0.4 is 5.32 Å². The van der Waals surface area contributed by atoms with E-state index < -0.39 is 11.7 Å². The number of anilines is 1. The predicted molar refractivity (Wildman–Crippen MR) is 89.1 cm³/mol. The molecule has 0 radical (unpaired) electrons. The van der Waals surface area contributed by atoms with Crippen molar-refractivity contribution in [3.8, 4) is 11.5 Å². The smallest absolute Gasteiger partial charge is 0.322 e. The van der Waals surface area contributed by atoms with Crippen molar-refractivity contribution >= 4 is 46.7 Å². The normalized spacial score (nSPS) is 10.7. The van der Waals surface area contributed by atoms with Gasteiger partial charge in [0.15, 0.2) is 0 Å². The van der Waals surface area contributed by atoms with Crippen LogP contribution in [0.15, 0.2) is 40.8 Å². The SMILES string of the molecule is O=C(Nc1nnc(-c2cc(Cl)cc(Cl)c2)o1)c1c(F)cccc1Cl. The first-order valence-electron chi connectivity index (χ1n) is 6.49. The maximum Gasteiger partial charge on any atom is 0.322 e. The number of benzene rings is 2. The Kier molecular flexibility index (Phi) is 4.71. The van der Waals surface area contributed by atoms with Crippen molar-refractivity contribution in [2.75, 3.05) is 5.32 Å². The monoisotopic (exact) mass is 385 g/mol. The van der Waals surface area contributed by atoms with Crippen LogP contribution in [-0.4, -0.2) is 16.1 Å². The largest absolute Gasteiger partial charge is 0.403 e. The second kappa shape index (κ2) is 6.76. The summed E-state index contributed by atoms with van der Waals surface area (Å²) in [5, 5.41) is 10.5. The Balaban J connectivity index is 1.85. The van der Waals surface area contributed by atoms with E-state index in [9.17, 15) is 9.18 Å². The van der Waals surface area contributed by atoms with Gasteiger partial charge in [-0.2, -0.15) is 0 Å². The van der Waals surface area contributed by atoms with Gasteiger partial charge in [-0.3, -0.25) is 10.1 Å². The number of carbonyl (C=O) groups is 1. The maximum absolute atomic E-state index is 13.7. The molecule has 0 saturated heterocycles. The molecule has 1 N–H and O–H groups in total. The van der Waals surface area contributed by atoms with Gasteiger partial charge in [-0.15, -0.1) is 5.10 Å². The van der Waals surface area contributed by atoms with Crippen LogP contribution in [0.3, 0.4) is 0 Å². The molecule has 3 aromatic rings. The van der Waals surface area contributed by atoms with Gasteiger partial charge in [-0.25, -0.2) is 4.39 Å². The molecular formula is C15H7Cl3FN3O2. The van der Waals surface area contributed by atoms with Gasteiger partial charge in [0, 0.05) is 15.6 Å². The fourth-order valence-corrected chi connectivity index (χ4v) is 2.72. The lowest BCUT2D eigenvalue weighted by Gasteiger charge is -2.04. The van der Waals surface area contributed by atoms with Gasteiger partial charge in [0.25, 0.3) is 5.91 Å². The number of rotatable bonds is 3. The number of amides is 1. The molecule has 0 atom stereocenters. The number of halogens is 4. The fourth-order valence-electron chi connectivity index (χ4n) is 1.94. The van der Waals surface area contributed by atoms with E-state index in [0.29, 0.717) is 15.6 Å². The van der Waals surface area contributed by atoms with Crippen molar-refractivity contribution in [3.63, 3.8) is 0 Å². The number of carbonyl (C=O) groups excluding carboxylic acids is 1. The van der Waals surface area contributed by atoms with Gasteiger partial charge < -0.3 is 4.42 Å². The molecule has 0 spiro atoms. The number of hydrogen-bond donors (Lipinski definition) is 1. The number of nitrogens with one attached hydrogen (secondary N) is 1. The first-order valence-corrected chi connectivity index (χ1v) is 7.63. The lowest BCUT2D eigenvalue weighted by Crippen LogP contribution is -2.14. The van der Waals surface area contributed by atoms with E-state index in [4.69, 9.17) is 39.2 Å². The summed E-state index contributed by atoms with van der Waals surface area (Å²) in [7, 11) is 0. The quantitative estimate of drug-likeness (QED) is 0.681. The molecule has 1 aromatic heterocycles. The Bertz CT molecular complexity index is 890. The predicted octanol–water partition coefficient (Wildman–Crippen LogP) is 5.09. The number of nitrogens with zero attached hydrogens (tertiary/aromatic N) is 2. The van der Waals surface area contributed by atoms with E-state index in [2.05, 4.69) is 15.5 Å². The highest BCUT2D eigenvalue weighted by atomic mass is 35.5. The van der Waals surface area contributed by atoms with Crippen molar-refractivity contribution in [2.24, 2.45) is 0 Å². The van der Waals surface area contributed by atoms with E-state index in [-0.39, 0.29) is 22.5 Å². The zero-order valence-corrected chi connectivity index (χ0v) is 14.0. The summed E-state index contributed by atoms with van der Waals surface area (Å²) >= 11 is 17.6. The van der Waals surface area contributed by atoms with E-state index in [1.54, 1.807) is 18.2 Å². The first kappa shape index (κ1) is 16.7. The van der Waals surface area contributed by atoms with Crippen molar-refractivity contribution in [1.82, 2.24) is 10.2 Å². The average molecular weight is 387 g/mol. The van der Waals surface area contributed by atoms with Crippen molar-refractivity contribution in [3.05, 3.63) is 62.8 Å². The third-order valence-electron chi connectivity index (χ3n) is 2.94. The minimum absolute atomic E-state index is 0.0335. The summed E-state index contributed by atoms with van der Waals surface area (Å²) in [6, 6.07) is 8.38. The fraction of sp³-hybridized carbons (Fsp3) is 0. The van der Waals surface area contributed by atoms with Gasteiger partial charge in [0.2, 0.25) is 5.89 Å². The molecule has 24 heavy (non-hydrogen) atoms. The van der Waals surface area contributed by atoms with Gasteiger partial charge in [-0.05, 0) is 30.3 Å². The Labute approximate surface area is 150 Å². The van der Waals surface area contributed by atoms with Crippen molar-refractivity contribution < 1.29 is 13.6 Å². The van der Waals surface area contributed by atoms with E-state index in [1.807, 2.05) is 0 Å². The standard InChI is InChI=1S/C15H7Cl3FN3O2/c16-8-4-7(5-9(17)6-8)14-21-22-15(24-14)20-13(23)12-10(18)2-1-3-11(12)19/h1-6H,(H,20,22,23). The van der Waals surface area contributed by atoms with Crippen LogP contribution in [-0.2, 0) is 0 Å². The summed E-state index contributed by atoms with van der Waals surface area (Å²) in [5.41, 5.74) is 0.161. The molecule has 3 rings (SSSR count). The summed E-state index contributed by atoms with van der Waals surface area (Å²) in [5.74, 6) is -1.48. The van der Waals surface area contributed by atoms with Gasteiger partial charge in [0.1, 0.15) is 5.82 Å². The average Bonchev–Trinajstić information content (AvgIpc) is 2.94. The highest BCUT2D eigenvalue weighted by Gasteiger charge is 2.19. The van der Waals surface area contributed by atoms with Crippen LogP contribution in [0, 0.1) is 5.82 Å². The van der Waals surface area contributed by atoms with Crippen LogP contribution in [0.5, 0.6) is 0 Å². The molecule has 0 bridgehead atoms. The van der Waals surface area contributed by atoms with Crippen LogP contribution in [0.1, 0.15) is 10.4 Å². The number of aromatic nitrogens is 2. The molecule has 5 nitrogen and oxygen atoms in total. The molecule has 0 aliphatic rings. The van der Waals surface area contributed by atoms with E-state index in [0.717, 1.165) is 6.07 Å². The third kappa shape index (κ3) is 3.51. The highest BCUT2D eigenvalue weighted by molar-refractivity contribution is 6.35. The zero-order valence-electron chi connectivity index (χ0n) is 11.7.